The number of nitrogens with zero attached hydrogens (tertiary/aromatic N) is 2. The first-order chi connectivity index (χ1) is 12.7. The Labute approximate surface area is 171 Å². The summed E-state index contributed by atoms with van der Waals surface area (Å²) in [5.74, 6) is -0.269. The van der Waals surface area contributed by atoms with Crippen LogP contribution in [0.4, 0.5) is 11.4 Å². The highest BCUT2D eigenvalue weighted by Gasteiger charge is 2.24. The molecule has 0 heterocycles. The van der Waals surface area contributed by atoms with Gasteiger partial charge in [-0.25, -0.2) is 0 Å². The third-order valence-electron chi connectivity index (χ3n) is 4.33. The van der Waals surface area contributed by atoms with E-state index in [0.29, 0.717) is 25.3 Å². The first kappa shape index (κ1) is 23.4. The quantitative estimate of drug-likeness (QED) is 0.514. The summed E-state index contributed by atoms with van der Waals surface area (Å²) in [4.78, 5) is 25.2. The molecule has 0 aliphatic rings. The van der Waals surface area contributed by atoms with Crippen LogP contribution < -0.4 is 11.1 Å². The molecule has 2 rings (SSSR count). The van der Waals surface area contributed by atoms with Gasteiger partial charge in [0.05, 0.1) is 4.92 Å². The number of carbonyl (C=O) groups excluding carboxylic acids is 1. The van der Waals surface area contributed by atoms with Crippen LogP contribution in [0, 0.1) is 15.5 Å². The van der Waals surface area contributed by atoms with Crippen molar-refractivity contribution in [2.75, 3.05) is 25.5 Å². The van der Waals surface area contributed by atoms with Gasteiger partial charge >= 0.3 is 0 Å². The van der Waals surface area contributed by atoms with Gasteiger partial charge in [-0.15, -0.1) is 12.4 Å². The number of nitrogens with one attached hydrogen (secondary N) is 1. The Morgan fingerprint density at radius 2 is 1.86 bits per heavy atom. The lowest BCUT2D eigenvalue weighted by Crippen LogP contribution is -2.39. The van der Waals surface area contributed by atoms with Gasteiger partial charge in [0, 0.05) is 31.8 Å². The summed E-state index contributed by atoms with van der Waals surface area (Å²) in [6.45, 7) is 5.29. The number of halogens is 1. The van der Waals surface area contributed by atoms with E-state index in [1.54, 1.807) is 24.1 Å². The average molecular weight is 407 g/mol. The molecule has 0 fully saturated rings. The number of nitro benzene ring substituents is 1. The van der Waals surface area contributed by atoms with Gasteiger partial charge in [0.1, 0.15) is 5.69 Å². The van der Waals surface area contributed by atoms with Gasteiger partial charge in [0.15, 0.2) is 0 Å². The maximum Gasteiger partial charge on any atom is 0.293 e. The van der Waals surface area contributed by atoms with Crippen molar-refractivity contribution in [3.63, 3.8) is 0 Å². The molecule has 28 heavy (non-hydrogen) atoms. The van der Waals surface area contributed by atoms with Crippen LogP contribution >= 0.6 is 12.4 Å². The van der Waals surface area contributed by atoms with Crippen LogP contribution in [0.15, 0.2) is 48.5 Å². The normalized spacial score (nSPS) is 10.7. The van der Waals surface area contributed by atoms with E-state index in [4.69, 9.17) is 5.73 Å². The minimum Gasteiger partial charge on any atom is -0.375 e. The van der Waals surface area contributed by atoms with Crippen LogP contribution in [0.25, 0.3) is 0 Å². The summed E-state index contributed by atoms with van der Waals surface area (Å²) in [5, 5.41) is 14.5. The summed E-state index contributed by atoms with van der Waals surface area (Å²) in [6, 6.07) is 14.1. The van der Waals surface area contributed by atoms with Crippen LogP contribution in [-0.2, 0) is 6.54 Å². The van der Waals surface area contributed by atoms with E-state index >= 15 is 0 Å². The molecular weight excluding hydrogens is 380 g/mol. The van der Waals surface area contributed by atoms with Gasteiger partial charge in [-0.2, -0.15) is 0 Å². The summed E-state index contributed by atoms with van der Waals surface area (Å²) < 4.78 is 0. The molecule has 2 aromatic rings. The second-order valence-electron chi connectivity index (χ2n) is 7.36. The Kier molecular flexibility index (Phi) is 8.40. The molecule has 7 nitrogen and oxygen atoms in total. The Hall–Kier alpha value is -2.64. The zero-order valence-electron chi connectivity index (χ0n) is 16.3. The van der Waals surface area contributed by atoms with Crippen LogP contribution in [0.2, 0.25) is 0 Å². The van der Waals surface area contributed by atoms with E-state index in [9.17, 15) is 14.9 Å². The zero-order chi connectivity index (χ0) is 20.0. The van der Waals surface area contributed by atoms with E-state index in [0.717, 1.165) is 5.56 Å². The summed E-state index contributed by atoms with van der Waals surface area (Å²) in [7, 11) is 1.67. The number of benzene rings is 2. The molecule has 0 aliphatic heterocycles. The molecule has 0 aliphatic carbocycles. The van der Waals surface area contributed by atoms with Crippen LogP contribution in [0.1, 0.15) is 29.8 Å². The monoisotopic (exact) mass is 406 g/mol. The number of carbonyl (C=O) groups is 1. The summed E-state index contributed by atoms with van der Waals surface area (Å²) in [5.41, 5.74) is 7.04. The fourth-order valence-corrected chi connectivity index (χ4v) is 2.76. The molecule has 3 N–H and O–H groups in total. The first-order valence-corrected chi connectivity index (χ1v) is 8.75. The highest BCUT2D eigenvalue weighted by molar-refractivity contribution is 5.95. The molecule has 2 aromatic carbocycles. The van der Waals surface area contributed by atoms with E-state index in [2.05, 4.69) is 5.32 Å². The largest absolute Gasteiger partial charge is 0.375 e. The van der Waals surface area contributed by atoms with Crippen molar-refractivity contribution in [3.8, 4) is 0 Å². The first-order valence-electron chi connectivity index (χ1n) is 8.75. The van der Waals surface area contributed by atoms with Gasteiger partial charge in [0.25, 0.3) is 11.6 Å². The fraction of sp³-hybridized carbons (Fsp3) is 0.350. The SMILES string of the molecule is CN(CC(C)(C)CN)C(=O)c1ccc(NCc2ccccc2)c([N+](=O)[O-])c1.Cl. The van der Waals surface area contributed by atoms with Gasteiger partial charge in [-0.05, 0) is 29.7 Å². The van der Waals surface area contributed by atoms with Gasteiger partial charge in [-0.1, -0.05) is 44.2 Å². The zero-order valence-corrected chi connectivity index (χ0v) is 17.2. The van der Waals surface area contributed by atoms with Crippen molar-refractivity contribution in [3.05, 3.63) is 69.8 Å². The summed E-state index contributed by atoms with van der Waals surface area (Å²) >= 11 is 0. The molecule has 152 valence electrons. The highest BCUT2D eigenvalue weighted by atomic mass is 35.5. The smallest absolute Gasteiger partial charge is 0.293 e. The Morgan fingerprint density at radius 3 is 2.43 bits per heavy atom. The Balaban J connectivity index is 0.00000392. The van der Waals surface area contributed by atoms with Gasteiger partial charge < -0.3 is 16.0 Å². The number of anilines is 1. The molecule has 0 spiro atoms. The molecule has 0 aromatic heterocycles. The number of rotatable bonds is 8. The van der Waals surface area contributed by atoms with E-state index in [-0.39, 0.29) is 35.0 Å². The predicted octanol–water partition coefficient (Wildman–Crippen LogP) is 3.69. The van der Waals surface area contributed by atoms with Crippen molar-refractivity contribution >= 4 is 29.7 Å². The molecule has 0 unspecified atom stereocenters. The van der Waals surface area contributed by atoms with Crippen molar-refractivity contribution in [2.24, 2.45) is 11.1 Å². The number of nitrogens with two attached hydrogens (primary N) is 1. The highest BCUT2D eigenvalue weighted by Crippen LogP contribution is 2.27. The van der Waals surface area contributed by atoms with Crippen molar-refractivity contribution in [2.45, 2.75) is 20.4 Å². The molecule has 0 bridgehead atoms. The maximum atomic E-state index is 12.6. The van der Waals surface area contributed by atoms with Crippen LogP contribution in [0.3, 0.4) is 0 Å². The Bertz CT molecular complexity index is 812. The number of hydrogen-bond donors (Lipinski definition) is 2. The molecule has 0 saturated carbocycles. The standard InChI is InChI=1S/C20H26N4O3.ClH/c1-20(2,13-21)14-23(3)19(25)16-9-10-17(18(11-16)24(26)27)22-12-15-7-5-4-6-8-15;/h4-11,22H,12-14,21H2,1-3H3;1H. The topological polar surface area (TPSA) is 102 Å². The summed E-state index contributed by atoms with van der Waals surface area (Å²) in [6.07, 6.45) is 0. The molecule has 0 atom stereocenters. The minimum absolute atomic E-state index is 0. The lowest BCUT2D eigenvalue weighted by atomic mass is 9.93. The second kappa shape index (κ2) is 10.1. The van der Waals surface area contributed by atoms with Crippen molar-refractivity contribution in [1.82, 2.24) is 4.90 Å². The van der Waals surface area contributed by atoms with E-state index in [1.807, 2.05) is 44.2 Å². The molecular formula is C20H27ClN4O3. The third-order valence-corrected chi connectivity index (χ3v) is 4.33. The molecule has 0 saturated heterocycles. The number of amides is 1. The second-order valence-corrected chi connectivity index (χ2v) is 7.36. The van der Waals surface area contributed by atoms with Crippen molar-refractivity contribution in [1.29, 1.82) is 0 Å². The third kappa shape index (κ3) is 6.21. The predicted molar refractivity (Wildman–Crippen MR) is 114 cm³/mol. The lowest BCUT2D eigenvalue weighted by Gasteiger charge is -2.29. The van der Waals surface area contributed by atoms with Crippen LogP contribution in [0.5, 0.6) is 0 Å². The molecule has 8 heteroatoms. The fourth-order valence-electron chi connectivity index (χ4n) is 2.76. The average Bonchev–Trinajstić information content (AvgIpc) is 2.66. The Morgan fingerprint density at radius 1 is 1.21 bits per heavy atom. The molecule has 1 amide bonds. The molecule has 0 radical (unpaired) electrons. The van der Waals surface area contributed by atoms with Crippen LogP contribution in [-0.4, -0.2) is 35.9 Å². The van der Waals surface area contributed by atoms with Crippen molar-refractivity contribution < 1.29 is 9.72 Å². The minimum atomic E-state index is -0.478. The van der Waals surface area contributed by atoms with E-state index in [1.165, 1.54) is 6.07 Å². The number of hydrogen-bond acceptors (Lipinski definition) is 5. The number of nitro groups is 1. The van der Waals surface area contributed by atoms with Gasteiger partial charge in [0.2, 0.25) is 0 Å². The lowest BCUT2D eigenvalue weighted by molar-refractivity contribution is -0.384. The maximum absolute atomic E-state index is 12.6. The van der Waals surface area contributed by atoms with Gasteiger partial charge in [-0.3, -0.25) is 14.9 Å². The van der Waals surface area contributed by atoms with E-state index < -0.39 is 4.92 Å².